The normalized spacial score (nSPS) is 12.9. The van der Waals surface area contributed by atoms with E-state index in [-0.39, 0.29) is 36.3 Å². The van der Waals surface area contributed by atoms with Crippen molar-refractivity contribution >= 4 is 47.5 Å². The van der Waals surface area contributed by atoms with Gasteiger partial charge < -0.3 is 15.4 Å². The first-order chi connectivity index (χ1) is 13.0. The minimum atomic E-state index is -0.124. The van der Waals surface area contributed by atoms with Gasteiger partial charge in [-0.15, -0.1) is 24.8 Å². The van der Waals surface area contributed by atoms with Gasteiger partial charge in [-0.25, -0.2) is 9.97 Å². The molecule has 0 saturated carbocycles. The number of H-pyrrole nitrogens is 1. The van der Waals surface area contributed by atoms with Gasteiger partial charge >= 0.3 is 0 Å². The molecule has 3 heterocycles. The van der Waals surface area contributed by atoms with Gasteiger partial charge in [-0.2, -0.15) is 0 Å². The van der Waals surface area contributed by atoms with Crippen LogP contribution in [0.1, 0.15) is 36.5 Å². The van der Waals surface area contributed by atoms with E-state index in [9.17, 15) is 4.79 Å². The van der Waals surface area contributed by atoms with Crippen molar-refractivity contribution in [3.63, 3.8) is 0 Å². The molecule has 0 aliphatic carbocycles. The summed E-state index contributed by atoms with van der Waals surface area (Å²) in [5.74, 6) is 2.04. The average Bonchev–Trinajstić information content (AvgIpc) is 2.66. The number of nitrogens with two attached hydrogens (primary N) is 1. The van der Waals surface area contributed by atoms with E-state index in [4.69, 9.17) is 15.5 Å². The number of nitrogens with one attached hydrogen (secondary N) is 1. The van der Waals surface area contributed by atoms with Gasteiger partial charge in [0.15, 0.2) is 0 Å². The van der Waals surface area contributed by atoms with Crippen LogP contribution in [-0.4, -0.2) is 28.6 Å². The molecule has 3 N–H and O–H groups in total. The Labute approximate surface area is 181 Å². The van der Waals surface area contributed by atoms with Crippen LogP contribution in [0.3, 0.4) is 0 Å². The Bertz CT molecular complexity index is 1080. The number of hydrogen-bond donors (Lipinski definition) is 2. The van der Waals surface area contributed by atoms with E-state index in [2.05, 4.69) is 28.7 Å². The Morgan fingerprint density at radius 1 is 1.28 bits per heavy atom. The highest BCUT2D eigenvalue weighted by molar-refractivity contribution is 5.86. The maximum absolute atomic E-state index is 12.9. The molecule has 0 atom stereocenters. The van der Waals surface area contributed by atoms with Crippen molar-refractivity contribution < 1.29 is 4.74 Å². The van der Waals surface area contributed by atoms with Gasteiger partial charge in [-0.3, -0.25) is 9.78 Å². The number of benzene rings is 1. The highest BCUT2D eigenvalue weighted by atomic mass is 35.5. The summed E-state index contributed by atoms with van der Waals surface area (Å²) in [5, 5.41) is 0.625. The van der Waals surface area contributed by atoms with E-state index in [0.717, 1.165) is 29.7 Å². The van der Waals surface area contributed by atoms with Crippen LogP contribution < -0.4 is 20.9 Å². The lowest BCUT2D eigenvalue weighted by Gasteiger charge is -2.29. The van der Waals surface area contributed by atoms with Crippen molar-refractivity contribution in [3.8, 4) is 5.75 Å². The molecule has 0 saturated heterocycles. The fourth-order valence-electron chi connectivity index (χ4n) is 3.69. The fraction of sp³-hybridized carbons (Fsp3) is 0.350. The number of methoxy groups -OCH3 is 1. The Kier molecular flexibility index (Phi) is 6.97. The molecular weight excluding hydrogens is 413 g/mol. The Balaban J connectivity index is 0.00000150. The minimum Gasteiger partial charge on any atom is -0.497 e. The molecule has 4 rings (SSSR count). The van der Waals surface area contributed by atoms with E-state index in [1.807, 2.05) is 18.2 Å². The fourth-order valence-corrected chi connectivity index (χ4v) is 3.69. The Morgan fingerprint density at radius 3 is 2.72 bits per heavy atom. The zero-order chi connectivity index (χ0) is 19.1. The summed E-state index contributed by atoms with van der Waals surface area (Å²) >= 11 is 0. The molecule has 1 aliphatic rings. The summed E-state index contributed by atoms with van der Waals surface area (Å²) in [7, 11) is 1.62. The lowest BCUT2D eigenvalue weighted by Crippen LogP contribution is -2.33. The maximum atomic E-state index is 12.9. The first-order valence-electron chi connectivity index (χ1n) is 9.07. The zero-order valence-electron chi connectivity index (χ0n) is 16.6. The lowest BCUT2D eigenvalue weighted by molar-refractivity contribution is 0.414. The van der Waals surface area contributed by atoms with Gasteiger partial charge in [0.1, 0.15) is 11.6 Å². The Hall–Kier alpha value is -2.51. The van der Waals surface area contributed by atoms with Crippen LogP contribution in [0.15, 0.2) is 29.2 Å². The lowest BCUT2D eigenvalue weighted by atomic mass is 9.98. The highest BCUT2D eigenvalue weighted by Gasteiger charge is 2.22. The number of nitrogen functional groups attached to an aromatic ring is 1. The zero-order valence-corrected chi connectivity index (χ0v) is 18.2. The summed E-state index contributed by atoms with van der Waals surface area (Å²) in [6, 6.07) is 5.70. The molecule has 9 heteroatoms. The van der Waals surface area contributed by atoms with E-state index < -0.39 is 0 Å². The molecule has 7 nitrogen and oxygen atoms in total. The van der Waals surface area contributed by atoms with Crippen molar-refractivity contribution in [2.45, 2.75) is 32.7 Å². The maximum Gasteiger partial charge on any atom is 0.260 e. The van der Waals surface area contributed by atoms with Crippen LogP contribution in [-0.2, 0) is 13.0 Å². The standard InChI is InChI=1S/C20H23N5O2.2ClH/c1-11(2)15-8-13(27-3)9-16-17(15)19(26)24-20(23-16)25-7-5-14-12(10-25)4-6-22-18(14)21;;/h4,6,8-9,11H,5,7,10H2,1-3H3,(H2,21,22)(H,23,24,26);2*1H. The molecule has 0 radical (unpaired) electrons. The first kappa shape index (κ1) is 22.8. The van der Waals surface area contributed by atoms with Crippen LogP contribution in [0.2, 0.25) is 0 Å². The van der Waals surface area contributed by atoms with Gasteiger partial charge in [-0.05, 0) is 35.6 Å². The summed E-state index contributed by atoms with van der Waals surface area (Å²) < 4.78 is 5.41. The Morgan fingerprint density at radius 2 is 2.03 bits per heavy atom. The van der Waals surface area contributed by atoms with E-state index in [1.165, 1.54) is 0 Å². The molecule has 2 aromatic heterocycles. The third-order valence-electron chi connectivity index (χ3n) is 5.14. The summed E-state index contributed by atoms with van der Waals surface area (Å²) in [6.07, 6.45) is 2.49. The number of aromatic amines is 1. The molecule has 156 valence electrons. The number of pyridine rings is 1. The smallest absolute Gasteiger partial charge is 0.260 e. The van der Waals surface area contributed by atoms with Gasteiger partial charge in [-0.1, -0.05) is 13.8 Å². The first-order valence-corrected chi connectivity index (χ1v) is 9.07. The predicted molar refractivity (Wildman–Crippen MR) is 121 cm³/mol. The second-order valence-corrected chi connectivity index (χ2v) is 7.16. The molecule has 0 bridgehead atoms. The van der Waals surface area contributed by atoms with E-state index >= 15 is 0 Å². The van der Waals surface area contributed by atoms with Crippen LogP contribution in [0, 0.1) is 0 Å². The van der Waals surface area contributed by atoms with Gasteiger partial charge in [0.25, 0.3) is 5.56 Å². The predicted octanol–water partition coefficient (Wildman–Crippen LogP) is 3.44. The van der Waals surface area contributed by atoms with Crippen LogP contribution in [0.5, 0.6) is 5.75 Å². The van der Waals surface area contributed by atoms with Crippen molar-refractivity contribution in [3.05, 3.63) is 51.4 Å². The molecule has 0 fully saturated rings. The number of rotatable bonds is 3. The SMILES string of the molecule is COc1cc(C(C)C)c2c(=O)[nH]c(N3CCc4c(ccnc4N)C3)nc2c1.Cl.Cl. The van der Waals surface area contributed by atoms with Crippen molar-refractivity contribution in [1.29, 1.82) is 0 Å². The molecular formula is C20H25Cl2N5O2. The number of fused-ring (bicyclic) bond motifs is 2. The molecule has 1 aliphatic heterocycles. The van der Waals surface area contributed by atoms with Crippen molar-refractivity contribution in [1.82, 2.24) is 15.0 Å². The molecule has 0 unspecified atom stereocenters. The second-order valence-electron chi connectivity index (χ2n) is 7.16. The number of anilines is 2. The number of nitrogens with zero attached hydrogens (tertiary/aromatic N) is 3. The summed E-state index contributed by atoms with van der Waals surface area (Å²) in [6.45, 7) is 5.47. The molecule has 1 aromatic carbocycles. The van der Waals surface area contributed by atoms with Gasteiger partial charge in [0, 0.05) is 30.9 Å². The van der Waals surface area contributed by atoms with Crippen LogP contribution in [0.4, 0.5) is 11.8 Å². The average molecular weight is 438 g/mol. The molecule has 3 aromatic rings. The third-order valence-corrected chi connectivity index (χ3v) is 5.14. The number of halogens is 2. The summed E-state index contributed by atoms with van der Waals surface area (Å²) in [5.41, 5.74) is 9.65. The molecule has 0 spiro atoms. The number of aromatic nitrogens is 3. The monoisotopic (exact) mass is 437 g/mol. The van der Waals surface area contributed by atoms with Gasteiger partial charge in [0.2, 0.25) is 5.95 Å². The highest BCUT2D eigenvalue weighted by Crippen LogP contribution is 2.29. The third kappa shape index (κ3) is 4.11. The number of ether oxygens (including phenoxy) is 1. The quantitative estimate of drug-likeness (QED) is 0.650. The molecule has 29 heavy (non-hydrogen) atoms. The van der Waals surface area contributed by atoms with Crippen molar-refractivity contribution in [2.75, 3.05) is 24.3 Å². The van der Waals surface area contributed by atoms with Crippen molar-refractivity contribution in [2.24, 2.45) is 0 Å². The second kappa shape index (κ2) is 8.88. The largest absolute Gasteiger partial charge is 0.497 e. The van der Waals surface area contributed by atoms with E-state index in [0.29, 0.717) is 35.0 Å². The van der Waals surface area contributed by atoms with E-state index in [1.54, 1.807) is 13.3 Å². The molecule has 0 amide bonds. The van der Waals surface area contributed by atoms with Gasteiger partial charge in [0.05, 0.1) is 18.0 Å². The summed E-state index contributed by atoms with van der Waals surface area (Å²) in [4.78, 5) is 26.8. The topological polar surface area (TPSA) is 97.1 Å². The van der Waals surface area contributed by atoms with Crippen LogP contribution in [0.25, 0.3) is 10.9 Å². The van der Waals surface area contributed by atoms with Crippen LogP contribution >= 0.6 is 24.8 Å². The minimum absolute atomic E-state index is 0. The number of hydrogen-bond acceptors (Lipinski definition) is 6.